The molecule has 250 valence electrons. The number of hydrogen-bond donors (Lipinski definition) is 3. The van der Waals surface area contributed by atoms with Gasteiger partial charge in [-0.2, -0.15) is 0 Å². The molecular weight excluding hydrogens is 649 g/mol. The summed E-state index contributed by atoms with van der Waals surface area (Å²) in [6.07, 6.45) is 5.45. The van der Waals surface area contributed by atoms with Gasteiger partial charge >= 0.3 is 12.1 Å². The van der Waals surface area contributed by atoms with E-state index in [-0.39, 0.29) is 12.3 Å². The normalized spacial score (nSPS) is 19.8. The lowest BCUT2D eigenvalue weighted by Crippen LogP contribution is -2.47. The molecule has 2 fully saturated rings. The average Bonchev–Trinajstić information content (AvgIpc) is 3.28. The summed E-state index contributed by atoms with van der Waals surface area (Å²) in [6, 6.07) is 13.4. The third-order valence-corrected chi connectivity index (χ3v) is 9.99. The van der Waals surface area contributed by atoms with E-state index in [1.807, 2.05) is 38.1 Å². The van der Waals surface area contributed by atoms with Gasteiger partial charge in [-0.15, -0.1) is 0 Å². The minimum Gasteiger partial charge on any atom is -0.467 e. The van der Waals surface area contributed by atoms with E-state index in [1.54, 1.807) is 24.3 Å². The molecule has 2 aliphatic rings. The second-order valence-corrected chi connectivity index (χ2v) is 14.7. The number of amides is 3. The van der Waals surface area contributed by atoms with E-state index >= 15 is 0 Å². The van der Waals surface area contributed by atoms with Crippen molar-refractivity contribution in [1.82, 2.24) is 15.4 Å². The lowest BCUT2D eigenvalue weighted by atomic mass is 9.86. The highest BCUT2D eigenvalue weighted by Crippen LogP contribution is 2.32. The summed E-state index contributed by atoms with van der Waals surface area (Å²) in [5, 5.41) is 6.15. The van der Waals surface area contributed by atoms with E-state index in [0.717, 1.165) is 49.6 Å². The van der Waals surface area contributed by atoms with Gasteiger partial charge in [-0.25, -0.2) is 9.59 Å². The molecule has 2 aromatic carbocycles. The van der Waals surface area contributed by atoms with Gasteiger partial charge in [0.05, 0.1) is 7.11 Å². The van der Waals surface area contributed by atoms with Crippen molar-refractivity contribution in [3.05, 3.63) is 69.7 Å². The first-order chi connectivity index (χ1) is 21.9. The van der Waals surface area contributed by atoms with Gasteiger partial charge < -0.3 is 20.1 Å². The topological polar surface area (TPSA) is 123 Å². The SMILES string of the molecule is COC(=O)C(CC1CC(C)(C)NC1=O)NC(=O)[C@H](CC1CCCCC1)SNC(=O)OC(Cc1cccc(Cl)c1)c1cccc(Cl)c1. The molecule has 0 bridgehead atoms. The van der Waals surface area contributed by atoms with Crippen molar-refractivity contribution in [2.75, 3.05) is 7.11 Å². The Kier molecular flexibility index (Phi) is 13.1. The second kappa shape index (κ2) is 16.7. The van der Waals surface area contributed by atoms with Crippen molar-refractivity contribution in [1.29, 1.82) is 0 Å². The van der Waals surface area contributed by atoms with Crippen molar-refractivity contribution in [2.24, 2.45) is 11.8 Å². The van der Waals surface area contributed by atoms with Crippen LogP contribution in [0.4, 0.5) is 4.79 Å². The maximum Gasteiger partial charge on any atom is 0.417 e. The largest absolute Gasteiger partial charge is 0.467 e. The van der Waals surface area contributed by atoms with Crippen molar-refractivity contribution < 1.29 is 28.7 Å². The summed E-state index contributed by atoms with van der Waals surface area (Å²) in [6.45, 7) is 3.84. The molecule has 9 nitrogen and oxygen atoms in total. The van der Waals surface area contributed by atoms with Gasteiger partial charge in [0.1, 0.15) is 17.4 Å². The van der Waals surface area contributed by atoms with Crippen LogP contribution in [0.2, 0.25) is 10.0 Å². The Bertz CT molecular complexity index is 1390. The van der Waals surface area contributed by atoms with Crippen LogP contribution in [-0.2, 0) is 30.3 Å². The number of carbonyl (C=O) groups is 4. The maximum atomic E-state index is 13.7. The standard InChI is InChI=1S/C34H43Cl2N3O6S/c1-34(2)20-24(30(40)38-34)19-27(32(42)44-3)37-31(41)29(17-21-9-5-4-6-10-21)46-39-33(43)45-28(23-12-8-14-26(36)18-23)16-22-11-7-13-25(35)15-22/h7-8,11-15,18,21,24,27-29H,4-6,9-10,16-17,19-20H2,1-3H3,(H,37,41)(H,38,40)(H,39,43)/t24?,27?,28?,29-/m0/s1. The summed E-state index contributed by atoms with van der Waals surface area (Å²) in [7, 11) is 1.26. The van der Waals surface area contributed by atoms with Crippen molar-refractivity contribution in [3.63, 3.8) is 0 Å². The third-order valence-electron chi connectivity index (χ3n) is 8.54. The molecule has 3 unspecified atom stereocenters. The molecule has 0 radical (unpaired) electrons. The molecule has 1 saturated carbocycles. The first kappa shape index (κ1) is 35.9. The van der Waals surface area contributed by atoms with Gasteiger partial charge in [0.25, 0.3) is 0 Å². The lowest BCUT2D eigenvalue weighted by molar-refractivity contribution is -0.145. The predicted octanol–water partition coefficient (Wildman–Crippen LogP) is 6.95. The van der Waals surface area contributed by atoms with E-state index in [0.29, 0.717) is 40.8 Å². The number of carbonyl (C=O) groups excluding carboxylic acids is 4. The predicted molar refractivity (Wildman–Crippen MR) is 180 cm³/mol. The van der Waals surface area contributed by atoms with Crippen LogP contribution < -0.4 is 15.4 Å². The van der Waals surface area contributed by atoms with Gasteiger partial charge in [0.15, 0.2) is 0 Å². The van der Waals surface area contributed by atoms with Crippen LogP contribution in [0.3, 0.4) is 0 Å². The number of rotatable bonds is 13. The van der Waals surface area contributed by atoms with Gasteiger partial charge in [0, 0.05) is 27.9 Å². The monoisotopic (exact) mass is 691 g/mol. The highest BCUT2D eigenvalue weighted by Gasteiger charge is 2.40. The molecule has 46 heavy (non-hydrogen) atoms. The highest BCUT2D eigenvalue weighted by atomic mass is 35.5. The Morgan fingerprint density at radius 3 is 2.35 bits per heavy atom. The maximum absolute atomic E-state index is 13.7. The molecule has 0 aromatic heterocycles. The smallest absolute Gasteiger partial charge is 0.417 e. The zero-order valence-electron chi connectivity index (χ0n) is 26.5. The number of methoxy groups -OCH3 is 1. The quantitative estimate of drug-likeness (QED) is 0.153. The first-order valence-electron chi connectivity index (χ1n) is 15.7. The van der Waals surface area contributed by atoms with E-state index in [9.17, 15) is 19.2 Å². The summed E-state index contributed by atoms with van der Waals surface area (Å²) in [5.41, 5.74) is 1.19. The van der Waals surface area contributed by atoms with Gasteiger partial charge in [-0.1, -0.05) is 79.6 Å². The fourth-order valence-corrected chi connectivity index (χ4v) is 7.55. The number of ether oxygens (including phenoxy) is 2. The van der Waals surface area contributed by atoms with Crippen LogP contribution in [-0.4, -0.2) is 47.8 Å². The minimum atomic E-state index is -1.01. The highest BCUT2D eigenvalue weighted by molar-refractivity contribution is 7.99. The zero-order chi connectivity index (χ0) is 33.3. The van der Waals surface area contributed by atoms with E-state index in [1.165, 1.54) is 7.11 Å². The molecule has 1 heterocycles. The minimum absolute atomic E-state index is 0.120. The molecule has 4 atom stereocenters. The third kappa shape index (κ3) is 10.8. The number of halogens is 2. The lowest BCUT2D eigenvalue weighted by Gasteiger charge is -2.27. The van der Waals surface area contributed by atoms with Crippen molar-refractivity contribution >= 4 is 59.0 Å². The van der Waals surface area contributed by atoms with Crippen LogP contribution >= 0.6 is 35.1 Å². The first-order valence-corrected chi connectivity index (χ1v) is 17.4. The average molecular weight is 693 g/mol. The Morgan fingerprint density at radius 1 is 1.02 bits per heavy atom. The molecule has 1 aliphatic heterocycles. The van der Waals surface area contributed by atoms with Crippen LogP contribution in [0.25, 0.3) is 0 Å². The summed E-state index contributed by atoms with van der Waals surface area (Å²) < 4.78 is 13.6. The van der Waals surface area contributed by atoms with E-state index < -0.39 is 46.8 Å². The molecule has 4 rings (SSSR count). The molecule has 3 N–H and O–H groups in total. The van der Waals surface area contributed by atoms with E-state index in [4.69, 9.17) is 32.7 Å². The molecule has 12 heteroatoms. The van der Waals surface area contributed by atoms with Gasteiger partial charge in [-0.05, 0) is 86.4 Å². The van der Waals surface area contributed by atoms with Crippen LogP contribution in [0.5, 0.6) is 0 Å². The van der Waals surface area contributed by atoms with Crippen LogP contribution in [0.15, 0.2) is 48.5 Å². The van der Waals surface area contributed by atoms with Gasteiger partial charge in [0.2, 0.25) is 11.8 Å². The summed E-state index contributed by atoms with van der Waals surface area (Å²) in [4.78, 5) is 52.3. The number of benzene rings is 2. The Labute approximate surface area is 285 Å². The fraction of sp³-hybridized carbons (Fsp3) is 0.529. The van der Waals surface area contributed by atoms with Crippen LogP contribution in [0.1, 0.15) is 82.4 Å². The molecule has 0 spiro atoms. The number of hydrogen-bond acceptors (Lipinski definition) is 7. The second-order valence-electron chi connectivity index (χ2n) is 12.8. The molecule has 1 saturated heterocycles. The molecule has 2 aromatic rings. The Hall–Kier alpha value is -2.95. The number of nitrogens with one attached hydrogen (secondary N) is 3. The van der Waals surface area contributed by atoms with Crippen molar-refractivity contribution in [3.8, 4) is 0 Å². The summed E-state index contributed by atoms with van der Waals surface area (Å²) in [5.74, 6) is -1.33. The van der Waals surface area contributed by atoms with E-state index in [2.05, 4.69) is 15.4 Å². The van der Waals surface area contributed by atoms with Crippen LogP contribution in [0, 0.1) is 11.8 Å². The fourth-order valence-electron chi connectivity index (χ4n) is 6.31. The Morgan fingerprint density at radius 2 is 1.72 bits per heavy atom. The van der Waals surface area contributed by atoms with Gasteiger partial charge in [-0.3, -0.25) is 14.3 Å². The Balaban J connectivity index is 1.46. The molecule has 1 aliphatic carbocycles. The molecule has 3 amide bonds. The molecular formula is C34H43Cl2N3O6S. The summed E-state index contributed by atoms with van der Waals surface area (Å²) >= 11 is 13.4. The number of esters is 1. The zero-order valence-corrected chi connectivity index (χ0v) is 28.8. The van der Waals surface area contributed by atoms with Crippen molar-refractivity contribution in [2.45, 2.75) is 94.6 Å².